The summed E-state index contributed by atoms with van der Waals surface area (Å²) < 4.78 is 37.3. The van der Waals surface area contributed by atoms with Gasteiger partial charge >= 0.3 is 6.18 Å². The van der Waals surface area contributed by atoms with E-state index in [1.54, 1.807) is 6.07 Å². The average Bonchev–Trinajstić information content (AvgIpc) is 2.45. The van der Waals surface area contributed by atoms with Crippen LogP contribution in [0.3, 0.4) is 0 Å². The molecule has 3 unspecified atom stereocenters. The highest BCUT2D eigenvalue weighted by atomic mass is 19.4. The molecule has 0 bridgehead atoms. The van der Waals surface area contributed by atoms with Gasteiger partial charge in [0, 0.05) is 0 Å². The molecular formula is C9H10F3N. The zero-order chi connectivity index (χ0) is 10.1. The first kappa shape index (κ1) is 10.4. The van der Waals surface area contributed by atoms with Gasteiger partial charge in [-0.2, -0.15) is 18.4 Å². The van der Waals surface area contributed by atoms with Crippen LogP contribution in [0.2, 0.25) is 0 Å². The predicted molar refractivity (Wildman–Crippen MR) is 41.0 cm³/mol. The summed E-state index contributed by atoms with van der Waals surface area (Å²) in [4.78, 5) is 0. The van der Waals surface area contributed by atoms with Crippen molar-refractivity contribution in [3.05, 3.63) is 13.3 Å². The lowest BCUT2D eigenvalue weighted by Gasteiger charge is -2.22. The highest BCUT2D eigenvalue weighted by Gasteiger charge is 2.52. The van der Waals surface area contributed by atoms with Crippen LogP contribution in [-0.4, -0.2) is 6.18 Å². The predicted octanol–water partition coefficient (Wildman–Crippen LogP) is 2.75. The van der Waals surface area contributed by atoms with E-state index in [-0.39, 0.29) is 6.42 Å². The van der Waals surface area contributed by atoms with Gasteiger partial charge in [-0.25, -0.2) is 0 Å². The third kappa shape index (κ3) is 1.96. The lowest BCUT2D eigenvalue weighted by atomic mass is 9.88. The van der Waals surface area contributed by atoms with Gasteiger partial charge in [-0.1, -0.05) is 6.92 Å². The van der Waals surface area contributed by atoms with Gasteiger partial charge in [0.25, 0.3) is 0 Å². The summed E-state index contributed by atoms with van der Waals surface area (Å²) in [6, 6.07) is 1.68. The molecule has 0 saturated heterocycles. The van der Waals surface area contributed by atoms with Crippen molar-refractivity contribution in [2.75, 3.05) is 0 Å². The van der Waals surface area contributed by atoms with E-state index in [1.807, 2.05) is 0 Å². The van der Waals surface area contributed by atoms with Crippen molar-refractivity contribution < 1.29 is 13.2 Å². The van der Waals surface area contributed by atoms with Crippen LogP contribution in [0.5, 0.6) is 0 Å². The fourth-order valence-corrected chi connectivity index (χ4v) is 1.81. The molecule has 1 saturated carbocycles. The van der Waals surface area contributed by atoms with Gasteiger partial charge in [-0.15, -0.1) is 0 Å². The average molecular weight is 189 g/mol. The van der Waals surface area contributed by atoms with Crippen molar-refractivity contribution in [2.45, 2.75) is 19.0 Å². The van der Waals surface area contributed by atoms with E-state index in [1.165, 1.54) is 6.42 Å². The molecular weight excluding hydrogens is 179 g/mol. The summed E-state index contributed by atoms with van der Waals surface area (Å²) in [5, 5.41) is 8.51. The van der Waals surface area contributed by atoms with Crippen LogP contribution >= 0.6 is 0 Å². The molecule has 0 aromatic heterocycles. The first-order valence-electron chi connectivity index (χ1n) is 4.09. The van der Waals surface area contributed by atoms with Gasteiger partial charge in [0.2, 0.25) is 0 Å². The molecule has 0 amide bonds. The molecule has 3 atom stereocenters. The van der Waals surface area contributed by atoms with Crippen molar-refractivity contribution in [3.8, 4) is 6.07 Å². The van der Waals surface area contributed by atoms with Crippen molar-refractivity contribution in [1.29, 1.82) is 5.26 Å². The number of rotatable bonds is 1. The fraction of sp³-hybridized carbons (Fsp3) is 0.667. The fourth-order valence-electron chi connectivity index (χ4n) is 1.81. The molecule has 72 valence electrons. The molecule has 0 aromatic carbocycles. The minimum absolute atomic E-state index is 0.235. The van der Waals surface area contributed by atoms with E-state index in [0.717, 1.165) is 0 Å². The summed E-state index contributed by atoms with van der Waals surface area (Å²) in [5.74, 6) is -2.99. The number of alkyl halides is 3. The minimum Gasteiger partial charge on any atom is -0.198 e. The first-order chi connectivity index (χ1) is 6.00. The first-order valence-corrected chi connectivity index (χ1v) is 4.09. The number of nitriles is 1. The molecule has 1 aliphatic rings. The molecule has 0 N–H and O–H groups in total. The Morgan fingerprint density at radius 3 is 2.54 bits per heavy atom. The molecule has 4 heteroatoms. The van der Waals surface area contributed by atoms with Gasteiger partial charge < -0.3 is 0 Å². The Morgan fingerprint density at radius 2 is 2.15 bits per heavy atom. The lowest BCUT2D eigenvalue weighted by Crippen LogP contribution is -2.30. The van der Waals surface area contributed by atoms with E-state index in [0.29, 0.717) is 6.42 Å². The van der Waals surface area contributed by atoms with Gasteiger partial charge in [0.15, 0.2) is 0 Å². The van der Waals surface area contributed by atoms with Crippen LogP contribution in [-0.2, 0) is 0 Å². The summed E-state index contributed by atoms with van der Waals surface area (Å²) in [7, 11) is 0. The molecule has 0 spiro atoms. The van der Waals surface area contributed by atoms with Crippen LogP contribution in [0.1, 0.15) is 12.8 Å². The smallest absolute Gasteiger partial charge is 0.198 e. The lowest BCUT2D eigenvalue weighted by molar-refractivity contribution is -0.189. The quantitative estimate of drug-likeness (QED) is 0.622. The number of hydrogen-bond donors (Lipinski definition) is 0. The van der Waals surface area contributed by atoms with Crippen LogP contribution in [0, 0.1) is 42.4 Å². The SMILES string of the molecule is [CH2]CC1C[CH]C(C#N)C1C(F)(F)F. The van der Waals surface area contributed by atoms with Gasteiger partial charge in [-0.3, -0.25) is 0 Å². The number of halogens is 3. The van der Waals surface area contributed by atoms with E-state index in [4.69, 9.17) is 5.26 Å². The minimum atomic E-state index is -4.27. The van der Waals surface area contributed by atoms with Gasteiger partial charge in [0.05, 0.1) is 17.9 Å². The van der Waals surface area contributed by atoms with Crippen molar-refractivity contribution in [1.82, 2.24) is 0 Å². The Hall–Kier alpha value is -0.720. The zero-order valence-electron chi connectivity index (χ0n) is 7.01. The van der Waals surface area contributed by atoms with E-state index >= 15 is 0 Å². The second-order valence-electron chi connectivity index (χ2n) is 3.24. The van der Waals surface area contributed by atoms with Crippen LogP contribution < -0.4 is 0 Å². The third-order valence-electron chi connectivity index (χ3n) is 2.49. The largest absolute Gasteiger partial charge is 0.393 e. The second-order valence-corrected chi connectivity index (χ2v) is 3.24. The zero-order valence-corrected chi connectivity index (χ0v) is 7.01. The maximum absolute atomic E-state index is 12.4. The molecule has 1 rings (SSSR count). The standard InChI is InChI=1S/C9H10F3N/c1-2-6-3-4-7(5-13)8(6)9(10,11)12/h4,6-8H,1-3H2. The molecule has 0 aromatic rings. The molecule has 1 nitrogen and oxygen atoms in total. The summed E-state index contributed by atoms with van der Waals surface area (Å²) in [6.07, 6.45) is -2.23. The maximum atomic E-state index is 12.4. The molecule has 2 radical (unpaired) electrons. The van der Waals surface area contributed by atoms with Crippen molar-refractivity contribution in [3.63, 3.8) is 0 Å². The van der Waals surface area contributed by atoms with E-state index < -0.39 is 23.9 Å². The molecule has 1 fully saturated rings. The van der Waals surface area contributed by atoms with Crippen molar-refractivity contribution >= 4 is 0 Å². The Kier molecular flexibility index (Phi) is 2.84. The molecule has 1 aliphatic carbocycles. The van der Waals surface area contributed by atoms with Crippen molar-refractivity contribution in [2.24, 2.45) is 17.8 Å². The molecule has 0 heterocycles. The molecule has 13 heavy (non-hydrogen) atoms. The van der Waals surface area contributed by atoms with Crippen LogP contribution in [0.15, 0.2) is 0 Å². The highest BCUT2D eigenvalue weighted by Crippen LogP contribution is 2.47. The van der Waals surface area contributed by atoms with E-state index in [9.17, 15) is 13.2 Å². The van der Waals surface area contributed by atoms with Crippen LogP contribution in [0.25, 0.3) is 0 Å². The third-order valence-corrected chi connectivity index (χ3v) is 2.49. The van der Waals surface area contributed by atoms with Gasteiger partial charge in [-0.05, 0) is 25.2 Å². The Bertz CT molecular complexity index is 216. The van der Waals surface area contributed by atoms with E-state index in [2.05, 4.69) is 6.92 Å². The molecule has 0 aliphatic heterocycles. The monoisotopic (exact) mass is 189 g/mol. The highest BCUT2D eigenvalue weighted by molar-refractivity contribution is 5.08. The number of nitrogens with zero attached hydrogens (tertiary/aromatic N) is 1. The Labute approximate surface area is 75.5 Å². The summed E-state index contributed by atoms with van der Waals surface area (Å²) in [6.45, 7) is 3.47. The Balaban J connectivity index is 2.81. The summed E-state index contributed by atoms with van der Waals surface area (Å²) in [5.41, 5.74) is 0. The van der Waals surface area contributed by atoms with Gasteiger partial charge in [0.1, 0.15) is 0 Å². The topological polar surface area (TPSA) is 23.8 Å². The summed E-state index contributed by atoms with van der Waals surface area (Å²) >= 11 is 0. The van der Waals surface area contributed by atoms with Crippen LogP contribution in [0.4, 0.5) is 13.2 Å². The maximum Gasteiger partial charge on any atom is 0.393 e. The number of hydrogen-bond acceptors (Lipinski definition) is 1. The second kappa shape index (κ2) is 3.57. The Morgan fingerprint density at radius 1 is 1.54 bits per heavy atom. The normalized spacial score (nSPS) is 34.5.